The first-order valence-electron chi connectivity index (χ1n) is 8.15. The van der Waals surface area contributed by atoms with Gasteiger partial charge in [0, 0.05) is 24.5 Å². The molecule has 0 unspecified atom stereocenters. The average molecular weight is 317 g/mol. The van der Waals surface area contributed by atoms with E-state index >= 15 is 0 Å². The smallest absolute Gasteiger partial charge is 0.0967 e. The molecule has 0 N–H and O–H groups in total. The monoisotopic (exact) mass is 317 g/mol. The van der Waals surface area contributed by atoms with Crippen molar-refractivity contribution in [3.63, 3.8) is 0 Å². The van der Waals surface area contributed by atoms with Crippen molar-refractivity contribution in [1.82, 2.24) is 24.8 Å². The molecule has 22 heavy (non-hydrogen) atoms. The van der Waals surface area contributed by atoms with Gasteiger partial charge in [-0.2, -0.15) is 0 Å². The van der Waals surface area contributed by atoms with Crippen molar-refractivity contribution in [2.75, 3.05) is 26.7 Å². The molecular weight excluding hydrogens is 294 g/mol. The van der Waals surface area contributed by atoms with Gasteiger partial charge in [0.15, 0.2) is 0 Å². The van der Waals surface area contributed by atoms with E-state index in [4.69, 9.17) is 0 Å². The van der Waals surface area contributed by atoms with E-state index in [1.807, 2.05) is 11.3 Å². The molecule has 0 spiro atoms. The Labute approximate surface area is 135 Å². The Morgan fingerprint density at radius 1 is 1.27 bits per heavy atom. The molecule has 0 aliphatic carbocycles. The Morgan fingerprint density at radius 3 is 3.00 bits per heavy atom. The van der Waals surface area contributed by atoms with E-state index in [0.29, 0.717) is 6.04 Å². The highest BCUT2D eigenvalue weighted by Gasteiger charge is 2.21. The van der Waals surface area contributed by atoms with Crippen LogP contribution in [0, 0.1) is 0 Å². The Balaban J connectivity index is 1.38. The van der Waals surface area contributed by atoms with Gasteiger partial charge in [0.1, 0.15) is 0 Å². The van der Waals surface area contributed by atoms with Crippen LogP contribution in [0.5, 0.6) is 0 Å². The van der Waals surface area contributed by atoms with Crippen LogP contribution in [0.15, 0.2) is 17.6 Å². The topological polar surface area (TPSA) is 37.2 Å². The lowest BCUT2D eigenvalue weighted by atomic mass is 10.1. The first-order valence-corrected chi connectivity index (χ1v) is 9.03. The summed E-state index contributed by atoms with van der Waals surface area (Å²) in [5.41, 5.74) is 2.61. The maximum absolute atomic E-state index is 4.41. The maximum atomic E-state index is 4.41. The lowest BCUT2D eigenvalue weighted by Crippen LogP contribution is -2.31. The fourth-order valence-corrected chi connectivity index (χ4v) is 4.38. The van der Waals surface area contributed by atoms with Gasteiger partial charge in [-0.15, -0.1) is 16.4 Å². The standard InChI is InChI=1S/C16H23N5S/c1-19-6-2-15(3-7-19)21-12-14(17-18-21)11-20-8-4-16-13(10-20)5-9-22-16/h5,9,12,15H,2-4,6-8,10-11H2,1H3. The molecule has 0 bridgehead atoms. The third kappa shape index (κ3) is 2.95. The van der Waals surface area contributed by atoms with Gasteiger partial charge in [0.2, 0.25) is 0 Å². The number of aromatic nitrogens is 3. The molecule has 0 atom stereocenters. The summed E-state index contributed by atoms with van der Waals surface area (Å²) in [6, 6.07) is 2.80. The highest BCUT2D eigenvalue weighted by molar-refractivity contribution is 7.10. The highest BCUT2D eigenvalue weighted by Crippen LogP contribution is 2.25. The van der Waals surface area contributed by atoms with Crippen molar-refractivity contribution in [3.8, 4) is 0 Å². The van der Waals surface area contributed by atoms with E-state index in [9.17, 15) is 0 Å². The predicted molar refractivity (Wildman–Crippen MR) is 87.9 cm³/mol. The summed E-state index contributed by atoms with van der Waals surface area (Å²) in [4.78, 5) is 6.43. The first kappa shape index (κ1) is 14.4. The Hall–Kier alpha value is -1.24. The molecule has 4 heterocycles. The normalized spacial score (nSPS) is 21.1. The van der Waals surface area contributed by atoms with Crippen LogP contribution in [-0.4, -0.2) is 51.5 Å². The fourth-order valence-electron chi connectivity index (χ4n) is 3.49. The van der Waals surface area contributed by atoms with E-state index in [-0.39, 0.29) is 0 Å². The molecule has 6 heteroatoms. The van der Waals surface area contributed by atoms with Crippen molar-refractivity contribution in [2.24, 2.45) is 0 Å². The van der Waals surface area contributed by atoms with Crippen LogP contribution in [0.25, 0.3) is 0 Å². The van der Waals surface area contributed by atoms with Gasteiger partial charge < -0.3 is 4.90 Å². The number of thiophene rings is 1. The molecule has 2 aliphatic rings. The summed E-state index contributed by atoms with van der Waals surface area (Å²) in [6.45, 7) is 5.43. The molecule has 5 nitrogen and oxygen atoms in total. The lowest BCUT2D eigenvalue weighted by Gasteiger charge is -2.28. The number of hydrogen-bond acceptors (Lipinski definition) is 5. The summed E-state index contributed by atoms with van der Waals surface area (Å²) in [6.07, 6.45) is 5.71. The molecule has 118 valence electrons. The number of piperidine rings is 1. The van der Waals surface area contributed by atoms with Gasteiger partial charge in [-0.3, -0.25) is 4.90 Å². The van der Waals surface area contributed by atoms with Gasteiger partial charge in [-0.25, -0.2) is 4.68 Å². The SMILES string of the molecule is CN1CCC(n2cc(CN3CCc4sccc4C3)nn2)CC1. The van der Waals surface area contributed by atoms with Crippen molar-refractivity contribution >= 4 is 11.3 Å². The molecule has 4 rings (SSSR count). The van der Waals surface area contributed by atoms with E-state index in [1.54, 1.807) is 4.88 Å². The third-order valence-electron chi connectivity index (χ3n) is 4.89. The van der Waals surface area contributed by atoms with Crippen molar-refractivity contribution in [3.05, 3.63) is 33.8 Å². The lowest BCUT2D eigenvalue weighted by molar-refractivity contribution is 0.210. The predicted octanol–water partition coefficient (Wildman–Crippen LogP) is 2.16. The van der Waals surface area contributed by atoms with Gasteiger partial charge >= 0.3 is 0 Å². The molecule has 2 aromatic rings. The second-order valence-corrected chi connectivity index (χ2v) is 7.55. The van der Waals surface area contributed by atoms with E-state index in [1.165, 1.54) is 24.8 Å². The minimum absolute atomic E-state index is 0.530. The summed E-state index contributed by atoms with van der Waals surface area (Å²) >= 11 is 1.89. The largest absolute Gasteiger partial charge is 0.306 e. The second kappa shape index (κ2) is 6.10. The third-order valence-corrected chi connectivity index (χ3v) is 5.92. The molecule has 1 saturated heterocycles. The maximum Gasteiger partial charge on any atom is 0.0967 e. The summed E-state index contributed by atoms with van der Waals surface area (Å²) in [5, 5.41) is 11.0. The zero-order chi connectivity index (χ0) is 14.9. The quantitative estimate of drug-likeness (QED) is 0.869. The Bertz CT molecular complexity index is 626. The summed E-state index contributed by atoms with van der Waals surface area (Å²) in [7, 11) is 2.19. The molecule has 0 saturated carbocycles. The molecule has 0 amide bonds. The van der Waals surface area contributed by atoms with Gasteiger partial charge in [-0.1, -0.05) is 5.21 Å². The molecule has 0 aromatic carbocycles. The van der Waals surface area contributed by atoms with E-state index < -0.39 is 0 Å². The van der Waals surface area contributed by atoms with E-state index in [0.717, 1.165) is 38.4 Å². The zero-order valence-corrected chi connectivity index (χ0v) is 13.9. The van der Waals surface area contributed by atoms with Gasteiger partial charge in [-0.05, 0) is 56.4 Å². The van der Waals surface area contributed by atoms with E-state index in [2.05, 4.69) is 49.5 Å². The number of fused-ring (bicyclic) bond motifs is 1. The van der Waals surface area contributed by atoms with Crippen LogP contribution in [0.4, 0.5) is 0 Å². The van der Waals surface area contributed by atoms with Gasteiger partial charge in [0.05, 0.1) is 17.9 Å². The highest BCUT2D eigenvalue weighted by atomic mass is 32.1. The van der Waals surface area contributed by atoms with Crippen LogP contribution in [0.3, 0.4) is 0 Å². The summed E-state index contributed by atoms with van der Waals surface area (Å²) < 4.78 is 2.10. The van der Waals surface area contributed by atoms with Crippen molar-refractivity contribution in [2.45, 2.75) is 38.4 Å². The van der Waals surface area contributed by atoms with Crippen molar-refractivity contribution < 1.29 is 0 Å². The van der Waals surface area contributed by atoms with Crippen molar-refractivity contribution in [1.29, 1.82) is 0 Å². The molecule has 2 aromatic heterocycles. The summed E-state index contributed by atoms with van der Waals surface area (Å²) in [5.74, 6) is 0. The number of rotatable bonds is 3. The minimum atomic E-state index is 0.530. The Kier molecular flexibility index (Phi) is 3.98. The zero-order valence-electron chi connectivity index (χ0n) is 13.1. The van der Waals surface area contributed by atoms with Crippen LogP contribution in [0.2, 0.25) is 0 Å². The average Bonchev–Trinajstić information content (AvgIpc) is 3.17. The Morgan fingerprint density at radius 2 is 2.14 bits per heavy atom. The molecular formula is C16H23N5S. The molecule has 2 aliphatic heterocycles. The molecule has 0 radical (unpaired) electrons. The number of nitrogens with zero attached hydrogens (tertiary/aromatic N) is 5. The number of hydrogen-bond donors (Lipinski definition) is 0. The van der Waals surface area contributed by atoms with Crippen LogP contribution in [0.1, 0.15) is 35.0 Å². The number of likely N-dealkylation sites (tertiary alicyclic amines) is 1. The minimum Gasteiger partial charge on any atom is -0.306 e. The van der Waals surface area contributed by atoms with Crippen LogP contribution in [-0.2, 0) is 19.5 Å². The molecule has 1 fully saturated rings. The fraction of sp³-hybridized carbons (Fsp3) is 0.625. The second-order valence-electron chi connectivity index (χ2n) is 6.55. The van der Waals surface area contributed by atoms with Crippen LogP contribution >= 0.6 is 11.3 Å². The van der Waals surface area contributed by atoms with Gasteiger partial charge in [0.25, 0.3) is 0 Å². The first-order chi connectivity index (χ1) is 10.8. The van der Waals surface area contributed by atoms with Crippen LogP contribution < -0.4 is 0 Å².